The minimum atomic E-state index is -0.750. The Bertz CT molecular complexity index is 443. The van der Waals surface area contributed by atoms with Gasteiger partial charge in [0, 0.05) is 19.7 Å². The number of methoxy groups -OCH3 is 1. The van der Waals surface area contributed by atoms with Crippen molar-refractivity contribution in [2.45, 2.75) is 45.0 Å². The number of carboxylic acid groups (broad SMARTS) is 1. The van der Waals surface area contributed by atoms with Crippen molar-refractivity contribution < 1.29 is 14.6 Å². The van der Waals surface area contributed by atoms with Crippen LogP contribution in [0, 0.1) is 0 Å². The van der Waals surface area contributed by atoms with E-state index in [9.17, 15) is 9.90 Å². The van der Waals surface area contributed by atoms with E-state index in [1.165, 1.54) is 0 Å². The van der Waals surface area contributed by atoms with Gasteiger partial charge in [-0.05, 0) is 30.9 Å². The molecular formula is C15H21NO3. The Morgan fingerprint density at radius 3 is 2.74 bits per heavy atom. The summed E-state index contributed by atoms with van der Waals surface area (Å²) in [5.74, 6) is -0.750. The molecule has 1 saturated carbocycles. The molecule has 0 spiro atoms. The van der Waals surface area contributed by atoms with E-state index in [1.54, 1.807) is 14.0 Å². The van der Waals surface area contributed by atoms with Crippen molar-refractivity contribution in [2.75, 3.05) is 7.11 Å². The van der Waals surface area contributed by atoms with Crippen LogP contribution in [0.3, 0.4) is 0 Å². The number of ether oxygens (including phenoxy) is 1. The lowest BCUT2D eigenvalue weighted by Gasteiger charge is -2.26. The number of hydrogen-bond donors (Lipinski definition) is 1. The summed E-state index contributed by atoms with van der Waals surface area (Å²) in [6.45, 7) is 3.04. The molecule has 1 aromatic rings. The number of carbonyl (C=O) groups is 1. The van der Waals surface area contributed by atoms with Crippen LogP contribution in [0.5, 0.6) is 0 Å². The van der Waals surface area contributed by atoms with Crippen LogP contribution < -0.4 is 0 Å². The van der Waals surface area contributed by atoms with E-state index in [0.29, 0.717) is 19.2 Å². The first kappa shape index (κ1) is 14.0. The van der Waals surface area contributed by atoms with Gasteiger partial charge in [-0.2, -0.15) is 0 Å². The highest BCUT2D eigenvalue weighted by Crippen LogP contribution is 2.30. The second-order valence-corrected chi connectivity index (χ2v) is 5.17. The minimum Gasteiger partial charge on any atom is -0.480 e. The van der Waals surface area contributed by atoms with Crippen LogP contribution in [-0.2, 0) is 22.7 Å². The lowest BCUT2D eigenvalue weighted by Crippen LogP contribution is -2.40. The number of benzene rings is 1. The maximum absolute atomic E-state index is 11.2. The second-order valence-electron chi connectivity index (χ2n) is 5.17. The molecule has 19 heavy (non-hydrogen) atoms. The molecule has 1 unspecified atom stereocenters. The quantitative estimate of drug-likeness (QED) is 0.820. The van der Waals surface area contributed by atoms with Crippen LogP contribution in [0.15, 0.2) is 24.3 Å². The van der Waals surface area contributed by atoms with Crippen LogP contribution >= 0.6 is 0 Å². The van der Waals surface area contributed by atoms with E-state index in [1.807, 2.05) is 18.2 Å². The number of nitrogens with zero attached hydrogens (tertiary/aromatic N) is 1. The molecule has 1 aromatic carbocycles. The van der Waals surface area contributed by atoms with Crippen molar-refractivity contribution in [3.63, 3.8) is 0 Å². The van der Waals surface area contributed by atoms with Gasteiger partial charge in [-0.25, -0.2) is 0 Å². The largest absolute Gasteiger partial charge is 0.480 e. The molecule has 0 radical (unpaired) electrons. The second kappa shape index (κ2) is 6.17. The van der Waals surface area contributed by atoms with Gasteiger partial charge in [0.1, 0.15) is 6.04 Å². The summed E-state index contributed by atoms with van der Waals surface area (Å²) in [6, 6.07) is 8.15. The monoisotopic (exact) mass is 263 g/mol. The summed E-state index contributed by atoms with van der Waals surface area (Å²) in [4.78, 5) is 13.2. The Labute approximate surface area is 114 Å². The summed E-state index contributed by atoms with van der Waals surface area (Å²) in [7, 11) is 1.68. The van der Waals surface area contributed by atoms with E-state index in [-0.39, 0.29) is 0 Å². The summed E-state index contributed by atoms with van der Waals surface area (Å²) < 4.78 is 5.13. The zero-order valence-electron chi connectivity index (χ0n) is 11.5. The molecule has 1 N–H and O–H groups in total. The van der Waals surface area contributed by atoms with E-state index in [2.05, 4.69) is 11.0 Å². The molecular weight excluding hydrogens is 242 g/mol. The van der Waals surface area contributed by atoms with Gasteiger partial charge in [0.05, 0.1) is 6.61 Å². The Balaban J connectivity index is 2.08. The summed E-state index contributed by atoms with van der Waals surface area (Å²) in [5.41, 5.74) is 2.27. The van der Waals surface area contributed by atoms with Gasteiger partial charge < -0.3 is 9.84 Å². The smallest absolute Gasteiger partial charge is 0.320 e. The predicted octanol–water partition coefficient (Wildman–Crippen LogP) is 2.27. The third-order valence-corrected chi connectivity index (χ3v) is 3.54. The molecule has 4 nitrogen and oxygen atoms in total. The molecule has 0 heterocycles. The van der Waals surface area contributed by atoms with Crippen LogP contribution in [0.4, 0.5) is 0 Å². The molecule has 1 atom stereocenters. The molecule has 0 bridgehead atoms. The minimum absolute atomic E-state index is 0.428. The first-order valence-electron chi connectivity index (χ1n) is 6.67. The highest BCUT2D eigenvalue weighted by molar-refractivity contribution is 5.73. The van der Waals surface area contributed by atoms with Crippen molar-refractivity contribution >= 4 is 5.97 Å². The van der Waals surface area contributed by atoms with Gasteiger partial charge >= 0.3 is 5.97 Å². The fourth-order valence-corrected chi connectivity index (χ4v) is 2.33. The Morgan fingerprint density at radius 1 is 1.47 bits per heavy atom. The third-order valence-electron chi connectivity index (χ3n) is 3.54. The topological polar surface area (TPSA) is 49.8 Å². The molecule has 0 aliphatic heterocycles. The zero-order chi connectivity index (χ0) is 13.8. The van der Waals surface area contributed by atoms with Gasteiger partial charge in [0.25, 0.3) is 0 Å². The summed E-state index contributed by atoms with van der Waals surface area (Å²) in [6.07, 6.45) is 2.21. The van der Waals surface area contributed by atoms with Crippen molar-refractivity contribution in [2.24, 2.45) is 0 Å². The molecule has 0 saturated heterocycles. The van der Waals surface area contributed by atoms with Crippen LogP contribution in [0.1, 0.15) is 30.9 Å². The maximum atomic E-state index is 11.2. The van der Waals surface area contributed by atoms with Gasteiger partial charge in [0.15, 0.2) is 0 Å². The molecule has 1 fully saturated rings. The highest BCUT2D eigenvalue weighted by atomic mass is 16.5. The van der Waals surface area contributed by atoms with Crippen molar-refractivity contribution in [3.8, 4) is 0 Å². The zero-order valence-corrected chi connectivity index (χ0v) is 11.5. The SMILES string of the molecule is COCc1cccc(CN(C2CC2)C(C)C(=O)O)c1. The average molecular weight is 263 g/mol. The van der Waals surface area contributed by atoms with Gasteiger partial charge in [-0.15, -0.1) is 0 Å². The standard InChI is InChI=1S/C15H21NO3/c1-11(15(17)18)16(14-6-7-14)9-12-4-3-5-13(8-12)10-19-2/h3-5,8,11,14H,6-7,9-10H2,1-2H3,(H,17,18). The predicted molar refractivity (Wildman–Crippen MR) is 72.8 cm³/mol. The molecule has 1 aliphatic rings. The fourth-order valence-electron chi connectivity index (χ4n) is 2.33. The van der Waals surface area contributed by atoms with Crippen LogP contribution in [-0.4, -0.2) is 35.2 Å². The summed E-state index contributed by atoms with van der Waals surface area (Å²) >= 11 is 0. The van der Waals surface area contributed by atoms with E-state index < -0.39 is 12.0 Å². The summed E-state index contributed by atoms with van der Waals surface area (Å²) in [5, 5.41) is 9.18. The molecule has 1 aliphatic carbocycles. The van der Waals surface area contributed by atoms with Gasteiger partial charge in [-0.1, -0.05) is 24.3 Å². The molecule has 104 valence electrons. The molecule has 4 heteroatoms. The van der Waals surface area contributed by atoms with E-state index in [4.69, 9.17) is 4.74 Å². The van der Waals surface area contributed by atoms with Gasteiger partial charge in [0.2, 0.25) is 0 Å². The average Bonchev–Trinajstić information content (AvgIpc) is 3.20. The van der Waals surface area contributed by atoms with E-state index in [0.717, 1.165) is 24.0 Å². The molecule has 0 amide bonds. The maximum Gasteiger partial charge on any atom is 0.320 e. The number of hydrogen-bond acceptors (Lipinski definition) is 3. The number of rotatable bonds is 7. The number of carboxylic acids is 1. The van der Waals surface area contributed by atoms with Crippen molar-refractivity contribution in [1.29, 1.82) is 0 Å². The van der Waals surface area contributed by atoms with Gasteiger partial charge in [-0.3, -0.25) is 9.69 Å². The third kappa shape index (κ3) is 3.78. The first-order chi connectivity index (χ1) is 9.11. The fraction of sp³-hybridized carbons (Fsp3) is 0.533. The van der Waals surface area contributed by atoms with Crippen LogP contribution in [0.2, 0.25) is 0 Å². The van der Waals surface area contributed by atoms with Crippen molar-refractivity contribution in [3.05, 3.63) is 35.4 Å². The first-order valence-corrected chi connectivity index (χ1v) is 6.67. The van der Waals surface area contributed by atoms with Crippen molar-refractivity contribution in [1.82, 2.24) is 4.90 Å². The number of aliphatic carboxylic acids is 1. The Morgan fingerprint density at radius 2 is 2.16 bits per heavy atom. The van der Waals surface area contributed by atoms with Crippen LogP contribution in [0.25, 0.3) is 0 Å². The Hall–Kier alpha value is -1.39. The molecule has 2 rings (SSSR count). The highest BCUT2D eigenvalue weighted by Gasteiger charge is 2.34. The Kier molecular flexibility index (Phi) is 4.56. The lowest BCUT2D eigenvalue weighted by atomic mass is 10.1. The lowest BCUT2D eigenvalue weighted by molar-refractivity contribution is -0.143. The normalized spacial score (nSPS) is 16.6. The van der Waals surface area contributed by atoms with E-state index >= 15 is 0 Å². The molecule has 0 aromatic heterocycles.